The van der Waals surface area contributed by atoms with Crippen LogP contribution in [0, 0.1) is 5.92 Å². The zero-order valence-corrected chi connectivity index (χ0v) is 11.3. The first kappa shape index (κ1) is 13.9. The van der Waals surface area contributed by atoms with Crippen molar-refractivity contribution in [3.05, 3.63) is 29.8 Å². The fourth-order valence-electron chi connectivity index (χ4n) is 2.58. The number of methoxy groups -OCH3 is 1. The first-order valence-electron chi connectivity index (χ1n) is 6.75. The average molecular weight is 263 g/mol. The van der Waals surface area contributed by atoms with Crippen molar-refractivity contribution in [3.63, 3.8) is 0 Å². The molecule has 0 aromatic heterocycles. The minimum atomic E-state index is -0.184. The van der Waals surface area contributed by atoms with E-state index in [1.807, 2.05) is 24.3 Å². The van der Waals surface area contributed by atoms with Crippen LogP contribution < -0.4 is 10.1 Å². The molecule has 0 aliphatic heterocycles. The Bertz CT molecular complexity index is 433. The Labute approximate surface area is 113 Å². The molecule has 1 aliphatic rings. The van der Waals surface area contributed by atoms with Gasteiger partial charge in [0.2, 0.25) is 5.91 Å². The lowest BCUT2D eigenvalue weighted by atomic mass is 10.1. The molecule has 1 amide bonds. The van der Waals surface area contributed by atoms with E-state index < -0.39 is 0 Å². The number of hydrogen-bond donors (Lipinski definition) is 2. The first-order valence-corrected chi connectivity index (χ1v) is 6.75. The summed E-state index contributed by atoms with van der Waals surface area (Å²) in [4.78, 5) is 11.9. The summed E-state index contributed by atoms with van der Waals surface area (Å²) < 4.78 is 5.23. The number of aliphatic hydroxyl groups excluding tert-OH is 1. The van der Waals surface area contributed by atoms with E-state index in [1.165, 1.54) is 0 Å². The molecular formula is C15H21NO3. The van der Waals surface area contributed by atoms with Crippen LogP contribution in [0.1, 0.15) is 24.8 Å². The number of amides is 1. The summed E-state index contributed by atoms with van der Waals surface area (Å²) in [7, 11) is 1.61. The van der Waals surface area contributed by atoms with Gasteiger partial charge in [0.25, 0.3) is 0 Å². The maximum absolute atomic E-state index is 11.9. The van der Waals surface area contributed by atoms with Crippen molar-refractivity contribution in [1.29, 1.82) is 0 Å². The minimum Gasteiger partial charge on any atom is -0.496 e. The van der Waals surface area contributed by atoms with Crippen LogP contribution in [0.2, 0.25) is 0 Å². The molecule has 0 radical (unpaired) electrons. The van der Waals surface area contributed by atoms with Gasteiger partial charge in [-0.25, -0.2) is 0 Å². The molecule has 0 saturated heterocycles. The summed E-state index contributed by atoms with van der Waals surface area (Å²) in [6, 6.07) is 7.55. The molecule has 104 valence electrons. The van der Waals surface area contributed by atoms with Gasteiger partial charge in [-0.2, -0.15) is 0 Å². The number of aliphatic hydroxyl groups is 1. The van der Waals surface area contributed by atoms with Crippen LogP contribution in [0.4, 0.5) is 0 Å². The normalized spacial score (nSPS) is 22.2. The number of carbonyl (C=O) groups is 1. The highest BCUT2D eigenvalue weighted by Crippen LogP contribution is 2.24. The van der Waals surface area contributed by atoms with E-state index in [-0.39, 0.29) is 12.0 Å². The summed E-state index contributed by atoms with van der Waals surface area (Å²) in [5.74, 6) is 1.16. The molecule has 2 atom stereocenters. The van der Waals surface area contributed by atoms with Crippen molar-refractivity contribution in [3.8, 4) is 5.75 Å². The fourth-order valence-corrected chi connectivity index (χ4v) is 2.58. The Hall–Kier alpha value is -1.55. The van der Waals surface area contributed by atoms with Gasteiger partial charge in [0.05, 0.1) is 19.6 Å². The molecule has 2 N–H and O–H groups in total. The molecule has 0 bridgehead atoms. The van der Waals surface area contributed by atoms with Crippen molar-refractivity contribution >= 4 is 5.91 Å². The Morgan fingerprint density at radius 3 is 2.89 bits per heavy atom. The lowest BCUT2D eigenvalue weighted by molar-refractivity contribution is -0.120. The van der Waals surface area contributed by atoms with Crippen LogP contribution in [0.15, 0.2) is 24.3 Å². The van der Waals surface area contributed by atoms with Gasteiger partial charge in [-0.1, -0.05) is 18.2 Å². The second kappa shape index (κ2) is 6.57. The molecule has 1 aromatic rings. The molecule has 2 unspecified atom stereocenters. The zero-order valence-electron chi connectivity index (χ0n) is 11.3. The molecule has 1 saturated carbocycles. The lowest BCUT2D eigenvalue weighted by Crippen LogP contribution is -2.30. The molecule has 0 spiro atoms. The second-order valence-corrected chi connectivity index (χ2v) is 5.13. The maximum Gasteiger partial charge on any atom is 0.224 e. The van der Waals surface area contributed by atoms with Crippen molar-refractivity contribution in [2.75, 3.05) is 13.7 Å². The van der Waals surface area contributed by atoms with E-state index in [0.29, 0.717) is 18.9 Å². The highest BCUT2D eigenvalue weighted by Gasteiger charge is 2.23. The summed E-state index contributed by atoms with van der Waals surface area (Å²) in [5, 5.41) is 12.4. The predicted octanol–water partition coefficient (Wildman–Crippen LogP) is 1.51. The number of rotatable bonds is 5. The third-order valence-corrected chi connectivity index (χ3v) is 3.64. The third kappa shape index (κ3) is 3.96. The van der Waals surface area contributed by atoms with Crippen LogP contribution in [0.3, 0.4) is 0 Å². The molecular weight excluding hydrogens is 242 g/mol. The fraction of sp³-hybridized carbons (Fsp3) is 0.533. The monoisotopic (exact) mass is 263 g/mol. The number of nitrogens with one attached hydrogen (secondary N) is 1. The van der Waals surface area contributed by atoms with Gasteiger partial charge >= 0.3 is 0 Å². The van der Waals surface area contributed by atoms with E-state index in [1.54, 1.807) is 7.11 Å². The van der Waals surface area contributed by atoms with Crippen LogP contribution in [0.25, 0.3) is 0 Å². The van der Waals surface area contributed by atoms with Gasteiger partial charge < -0.3 is 15.2 Å². The highest BCUT2D eigenvalue weighted by molar-refractivity contribution is 5.79. The molecule has 1 fully saturated rings. The van der Waals surface area contributed by atoms with Gasteiger partial charge in [0.15, 0.2) is 0 Å². The number of hydrogen-bond acceptors (Lipinski definition) is 3. The van der Waals surface area contributed by atoms with Crippen LogP contribution in [-0.4, -0.2) is 30.8 Å². The Morgan fingerprint density at radius 1 is 1.42 bits per heavy atom. The van der Waals surface area contributed by atoms with Gasteiger partial charge in [0, 0.05) is 12.1 Å². The van der Waals surface area contributed by atoms with Crippen LogP contribution in [-0.2, 0) is 11.2 Å². The lowest BCUT2D eigenvalue weighted by Gasteiger charge is -2.12. The highest BCUT2D eigenvalue weighted by atomic mass is 16.5. The molecule has 1 aromatic carbocycles. The third-order valence-electron chi connectivity index (χ3n) is 3.64. The van der Waals surface area contributed by atoms with Crippen molar-refractivity contribution < 1.29 is 14.6 Å². The van der Waals surface area contributed by atoms with Crippen LogP contribution in [0.5, 0.6) is 5.75 Å². The van der Waals surface area contributed by atoms with Crippen molar-refractivity contribution in [1.82, 2.24) is 5.32 Å². The molecule has 0 heterocycles. The van der Waals surface area contributed by atoms with E-state index in [9.17, 15) is 9.90 Å². The number of benzene rings is 1. The summed E-state index contributed by atoms with van der Waals surface area (Å²) in [5.41, 5.74) is 0.897. The maximum atomic E-state index is 11.9. The average Bonchev–Trinajstić information content (AvgIpc) is 2.83. The predicted molar refractivity (Wildman–Crippen MR) is 73.1 cm³/mol. The topological polar surface area (TPSA) is 58.6 Å². The quantitative estimate of drug-likeness (QED) is 0.846. The van der Waals surface area contributed by atoms with E-state index in [4.69, 9.17) is 4.74 Å². The van der Waals surface area contributed by atoms with Crippen molar-refractivity contribution in [2.24, 2.45) is 5.92 Å². The first-order chi connectivity index (χ1) is 9.19. The van der Waals surface area contributed by atoms with E-state index >= 15 is 0 Å². The molecule has 4 heteroatoms. The number of carbonyl (C=O) groups excluding carboxylic acids is 1. The smallest absolute Gasteiger partial charge is 0.224 e. The molecule has 1 aliphatic carbocycles. The standard InChI is InChI=1S/C15H21NO3/c1-19-14-5-3-2-4-12(14)9-15(18)16-10-11-6-7-13(17)8-11/h2-5,11,13,17H,6-10H2,1H3,(H,16,18). The second-order valence-electron chi connectivity index (χ2n) is 5.13. The van der Waals surface area contributed by atoms with Crippen LogP contribution >= 0.6 is 0 Å². The number of para-hydroxylation sites is 1. The van der Waals surface area contributed by atoms with E-state index in [2.05, 4.69) is 5.32 Å². The Kier molecular flexibility index (Phi) is 4.80. The molecule has 19 heavy (non-hydrogen) atoms. The van der Waals surface area contributed by atoms with Gasteiger partial charge in [-0.15, -0.1) is 0 Å². The summed E-state index contributed by atoms with van der Waals surface area (Å²) >= 11 is 0. The van der Waals surface area contributed by atoms with Gasteiger partial charge in [0.1, 0.15) is 5.75 Å². The van der Waals surface area contributed by atoms with Crippen molar-refractivity contribution in [2.45, 2.75) is 31.8 Å². The Morgan fingerprint density at radius 2 is 2.21 bits per heavy atom. The van der Waals surface area contributed by atoms with Gasteiger partial charge in [-0.05, 0) is 31.2 Å². The minimum absolute atomic E-state index is 0.00545. The molecule has 4 nitrogen and oxygen atoms in total. The number of ether oxygens (including phenoxy) is 1. The summed E-state index contributed by atoms with van der Waals surface area (Å²) in [6.45, 7) is 0.658. The van der Waals surface area contributed by atoms with Gasteiger partial charge in [-0.3, -0.25) is 4.79 Å². The Balaban J connectivity index is 1.81. The SMILES string of the molecule is COc1ccccc1CC(=O)NCC1CCC(O)C1. The largest absolute Gasteiger partial charge is 0.496 e. The summed E-state index contributed by atoms with van der Waals surface area (Å²) in [6.07, 6.45) is 2.80. The van der Waals surface area contributed by atoms with E-state index in [0.717, 1.165) is 30.6 Å². The zero-order chi connectivity index (χ0) is 13.7. The molecule has 2 rings (SSSR count).